The molecule has 1 aromatic heterocycles. The monoisotopic (exact) mass is 231 g/mol. The van der Waals surface area contributed by atoms with Gasteiger partial charge in [-0.15, -0.1) is 6.58 Å². The Balaban J connectivity index is 2.14. The summed E-state index contributed by atoms with van der Waals surface area (Å²) in [4.78, 5) is 15.5. The number of hydrogen-bond donors (Lipinski definition) is 1. The number of aryl methyl sites for hydroxylation is 1. The fourth-order valence-electron chi connectivity index (χ4n) is 1.48. The van der Waals surface area contributed by atoms with Crippen LogP contribution in [0.2, 0.25) is 0 Å². The predicted octanol–water partition coefficient (Wildman–Crippen LogP) is 1.85. The molecule has 0 aliphatic rings. The lowest BCUT2D eigenvalue weighted by atomic mass is 10.3. The van der Waals surface area contributed by atoms with Crippen LogP contribution in [-0.2, 0) is 7.05 Å². The molecular formula is C12H13N3O2. The van der Waals surface area contributed by atoms with Crippen LogP contribution in [0, 0.1) is 0 Å². The average molecular weight is 231 g/mol. The molecule has 1 heterocycles. The second kappa shape index (κ2) is 4.69. The number of amides is 1. The van der Waals surface area contributed by atoms with Crippen molar-refractivity contribution in [3.8, 4) is 5.75 Å². The van der Waals surface area contributed by atoms with Crippen LogP contribution in [-0.4, -0.2) is 22.2 Å². The zero-order valence-electron chi connectivity index (χ0n) is 9.51. The molecule has 88 valence electrons. The van der Waals surface area contributed by atoms with E-state index in [1.165, 1.54) is 0 Å². The van der Waals surface area contributed by atoms with Gasteiger partial charge in [0.1, 0.15) is 5.75 Å². The normalized spacial score (nSPS) is 10.2. The highest BCUT2D eigenvalue weighted by molar-refractivity contribution is 5.78. The lowest BCUT2D eigenvalue weighted by Gasteiger charge is -2.04. The van der Waals surface area contributed by atoms with Gasteiger partial charge >= 0.3 is 6.09 Å². The van der Waals surface area contributed by atoms with Crippen LogP contribution in [0.3, 0.4) is 0 Å². The van der Waals surface area contributed by atoms with Crippen LogP contribution in [0.1, 0.15) is 0 Å². The number of fused-ring (bicyclic) bond motifs is 1. The van der Waals surface area contributed by atoms with Gasteiger partial charge in [-0.05, 0) is 12.1 Å². The molecule has 0 aliphatic heterocycles. The van der Waals surface area contributed by atoms with Crippen molar-refractivity contribution < 1.29 is 9.53 Å². The van der Waals surface area contributed by atoms with E-state index < -0.39 is 6.09 Å². The third kappa shape index (κ3) is 2.44. The number of imidazole rings is 1. The molecule has 0 atom stereocenters. The van der Waals surface area contributed by atoms with E-state index in [2.05, 4.69) is 16.9 Å². The Morgan fingerprint density at radius 1 is 1.65 bits per heavy atom. The van der Waals surface area contributed by atoms with Gasteiger partial charge in [-0.2, -0.15) is 0 Å². The third-order valence-corrected chi connectivity index (χ3v) is 2.30. The number of aromatic nitrogens is 2. The molecule has 0 spiro atoms. The molecule has 2 aromatic rings. The van der Waals surface area contributed by atoms with Crippen LogP contribution < -0.4 is 10.1 Å². The maximum Gasteiger partial charge on any atom is 0.412 e. The van der Waals surface area contributed by atoms with Crippen molar-refractivity contribution in [2.45, 2.75) is 0 Å². The van der Waals surface area contributed by atoms with Crippen LogP contribution in [0.4, 0.5) is 4.79 Å². The fourth-order valence-corrected chi connectivity index (χ4v) is 1.48. The molecule has 0 fully saturated rings. The molecule has 2 rings (SSSR count). The molecule has 0 saturated heterocycles. The van der Waals surface area contributed by atoms with Crippen LogP contribution in [0.25, 0.3) is 11.0 Å². The highest BCUT2D eigenvalue weighted by Gasteiger charge is 2.05. The number of benzene rings is 1. The molecule has 0 radical (unpaired) electrons. The number of nitrogens with one attached hydrogen (secondary N) is 1. The lowest BCUT2D eigenvalue weighted by Crippen LogP contribution is -2.26. The van der Waals surface area contributed by atoms with Gasteiger partial charge in [-0.25, -0.2) is 9.78 Å². The molecule has 0 saturated carbocycles. The first-order valence-corrected chi connectivity index (χ1v) is 5.18. The summed E-state index contributed by atoms with van der Waals surface area (Å²) in [7, 11) is 1.91. The first kappa shape index (κ1) is 11.2. The van der Waals surface area contributed by atoms with Crippen LogP contribution in [0.5, 0.6) is 5.75 Å². The van der Waals surface area contributed by atoms with Gasteiger partial charge in [0.15, 0.2) is 0 Å². The molecule has 0 aliphatic carbocycles. The average Bonchev–Trinajstić information content (AvgIpc) is 2.68. The Morgan fingerprint density at radius 2 is 2.47 bits per heavy atom. The smallest absolute Gasteiger partial charge is 0.410 e. The Labute approximate surface area is 98.7 Å². The largest absolute Gasteiger partial charge is 0.412 e. The van der Waals surface area contributed by atoms with Gasteiger partial charge in [0.05, 0.1) is 17.4 Å². The van der Waals surface area contributed by atoms with E-state index in [1.54, 1.807) is 24.5 Å². The van der Waals surface area contributed by atoms with E-state index >= 15 is 0 Å². The number of carbonyl (C=O) groups is 1. The SMILES string of the molecule is C=CCNC(=O)Oc1ccc2c(c1)ncn2C. The molecule has 1 amide bonds. The highest BCUT2D eigenvalue weighted by Crippen LogP contribution is 2.19. The first-order valence-electron chi connectivity index (χ1n) is 5.18. The first-order chi connectivity index (χ1) is 8.20. The summed E-state index contributed by atoms with van der Waals surface area (Å²) in [5.74, 6) is 0.470. The van der Waals surface area contributed by atoms with Crippen molar-refractivity contribution in [2.75, 3.05) is 6.54 Å². The van der Waals surface area contributed by atoms with Gasteiger partial charge in [-0.3, -0.25) is 0 Å². The van der Waals surface area contributed by atoms with Gasteiger partial charge in [0.25, 0.3) is 0 Å². The zero-order valence-corrected chi connectivity index (χ0v) is 9.51. The summed E-state index contributed by atoms with van der Waals surface area (Å²) in [6.07, 6.45) is 2.80. The minimum absolute atomic E-state index is 0.380. The summed E-state index contributed by atoms with van der Waals surface area (Å²) >= 11 is 0. The Kier molecular flexibility index (Phi) is 3.09. The second-order valence-corrected chi connectivity index (χ2v) is 3.57. The number of ether oxygens (including phenoxy) is 1. The quantitative estimate of drug-likeness (QED) is 0.820. The standard InChI is InChI=1S/C12H13N3O2/c1-3-6-13-12(16)17-9-4-5-11-10(7-9)14-8-15(11)2/h3-5,7-8H,1,6H2,2H3,(H,13,16). The van der Waals surface area contributed by atoms with E-state index in [0.29, 0.717) is 12.3 Å². The highest BCUT2D eigenvalue weighted by atomic mass is 16.6. The number of carbonyl (C=O) groups excluding carboxylic acids is 1. The third-order valence-electron chi connectivity index (χ3n) is 2.30. The van der Waals surface area contributed by atoms with Crippen molar-refractivity contribution >= 4 is 17.1 Å². The molecule has 5 heteroatoms. The predicted molar refractivity (Wildman–Crippen MR) is 64.9 cm³/mol. The van der Waals surface area contributed by atoms with Gasteiger partial charge < -0.3 is 14.6 Å². The molecule has 5 nitrogen and oxygen atoms in total. The zero-order chi connectivity index (χ0) is 12.3. The maximum atomic E-state index is 11.3. The van der Waals surface area contributed by atoms with E-state index in [9.17, 15) is 4.79 Å². The van der Waals surface area contributed by atoms with Crippen molar-refractivity contribution in [3.05, 3.63) is 37.2 Å². The van der Waals surface area contributed by atoms with Crippen molar-refractivity contribution in [1.82, 2.24) is 14.9 Å². The number of nitrogens with zero attached hydrogens (tertiary/aromatic N) is 2. The summed E-state index contributed by atoms with van der Waals surface area (Å²) in [5, 5.41) is 2.53. The van der Waals surface area contributed by atoms with Gasteiger partial charge in [0.2, 0.25) is 0 Å². The lowest BCUT2D eigenvalue weighted by molar-refractivity contribution is 0.202. The summed E-state index contributed by atoms with van der Waals surface area (Å²) in [5.41, 5.74) is 1.78. The molecule has 0 bridgehead atoms. The molecule has 1 N–H and O–H groups in total. The number of rotatable bonds is 3. The van der Waals surface area contributed by atoms with Gasteiger partial charge in [-0.1, -0.05) is 6.08 Å². The Hall–Kier alpha value is -2.30. The summed E-state index contributed by atoms with van der Waals surface area (Å²) in [6, 6.07) is 5.32. The topological polar surface area (TPSA) is 56.1 Å². The minimum atomic E-state index is -0.500. The molecular weight excluding hydrogens is 218 g/mol. The van der Waals surface area contributed by atoms with E-state index in [1.807, 2.05) is 17.7 Å². The second-order valence-electron chi connectivity index (χ2n) is 3.57. The Bertz CT molecular complexity index is 560. The summed E-state index contributed by atoms with van der Waals surface area (Å²) in [6.45, 7) is 3.88. The fraction of sp³-hybridized carbons (Fsp3) is 0.167. The van der Waals surface area contributed by atoms with Crippen molar-refractivity contribution in [3.63, 3.8) is 0 Å². The molecule has 1 aromatic carbocycles. The number of hydrogen-bond acceptors (Lipinski definition) is 3. The van der Waals surface area contributed by atoms with Gasteiger partial charge in [0, 0.05) is 19.7 Å². The van der Waals surface area contributed by atoms with E-state index in [4.69, 9.17) is 4.74 Å². The van der Waals surface area contributed by atoms with E-state index in [-0.39, 0.29) is 0 Å². The van der Waals surface area contributed by atoms with E-state index in [0.717, 1.165) is 11.0 Å². The Morgan fingerprint density at radius 3 is 3.24 bits per heavy atom. The molecule has 0 unspecified atom stereocenters. The van der Waals surface area contributed by atoms with Crippen molar-refractivity contribution in [2.24, 2.45) is 7.05 Å². The van der Waals surface area contributed by atoms with Crippen LogP contribution in [0.15, 0.2) is 37.2 Å². The summed E-state index contributed by atoms with van der Waals surface area (Å²) < 4.78 is 6.99. The maximum absolute atomic E-state index is 11.3. The van der Waals surface area contributed by atoms with Crippen molar-refractivity contribution in [1.29, 1.82) is 0 Å². The van der Waals surface area contributed by atoms with Crippen LogP contribution >= 0.6 is 0 Å². The molecule has 17 heavy (non-hydrogen) atoms. The minimum Gasteiger partial charge on any atom is -0.410 e.